The zero-order chi connectivity index (χ0) is 12.3. The molecule has 17 heavy (non-hydrogen) atoms. The number of hydrogen-bond donors (Lipinski definition) is 0. The number of allylic oxidation sites excluding steroid dienone is 2. The van der Waals surface area contributed by atoms with Crippen LogP contribution in [0.2, 0.25) is 6.82 Å². The van der Waals surface area contributed by atoms with E-state index in [0.29, 0.717) is 0 Å². The van der Waals surface area contributed by atoms with Gasteiger partial charge >= 0.3 is 0 Å². The summed E-state index contributed by atoms with van der Waals surface area (Å²) in [5, 5.41) is 3.57. The lowest BCUT2D eigenvalue weighted by Crippen LogP contribution is -2.30. The minimum atomic E-state index is 1.14. The van der Waals surface area contributed by atoms with Crippen LogP contribution in [0.4, 0.5) is 0 Å². The molecule has 0 N–H and O–H groups in total. The highest BCUT2D eigenvalue weighted by Crippen LogP contribution is 2.07. The summed E-state index contributed by atoms with van der Waals surface area (Å²) in [7, 11) is 2.07. The lowest BCUT2D eigenvalue weighted by molar-refractivity contribution is 1.21. The van der Waals surface area contributed by atoms with Gasteiger partial charge in [0.2, 0.25) is 7.41 Å². The predicted octanol–water partition coefficient (Wildman–Crippen LogP) is 2.09. The third-order valence-corrected chi connectivity index (χ3v) is 2.81. The predicted molar refractivity (Wildman–Crippen MR) is 77.5 cm³/mol. The third kappa shape index (κ3) is 1.87. The number of nitrogens with zero attached hydrogens (tertiary/aromatic N) is 1. The molecule has 0 aliphatic heterocycles. The van der Waals surface area contributed by atoms with Crippen LogP contribution in [0.15, 0.2) is 49.6 Å². The van der Waals surface area contributed by atoms with Gasteiger partial charge in [0, 0.05) is 21.5 Å². The number of rotatable bonds is 3. The maximum absolute atomic E-state index is 3.78. The molecule has 1 aromatic carbocycles. The van der Waals surface area contributed by atoms with Crippen LogP contribution in [0, 0.1) is 0 Å². The second-order valence-corrected chi connectivity index (χ2v) is 3.75. The molecule has 0 amide bonds. The van der Waals surface area contributed by atoms with Crippen molar-refractivity contribution < 1.29 is 0 Å². The molecule has 0 aliphatic carbocycles. The molecule has 0 unspecified atom stereocenters. The Morgan fingerprint density at radius 1 is 1.12 bits per heavy atom. The minimum absolute atomic E-state index is 1.14. The molecule has 0 aliphatic rings. The van der Waals surface area contributed by atoms with Gasteiger partial charge in [0.25, 0.3) is 0 Å². The zero-order valence-electron chi connectivity index (χ0n) is 10.1. The lowest BCUT2D eigenvalue weighted by Gasteiger charge is -1.99. The number of benzene rings is 1. The van der Waals surface area contributed by atoms with E-state index < -0.39 is 0 Å². The highest BCUT2D eigenvalue weighted by molar-refractivity contribution is 6.33. The largest absolute Gasteiger partial charge is 0.390 e. The standard InChI is InChI=1S/C15H15BN/c1-4-8-12-13-10-6-7-11-15(13)17(16-3)14(12)9-5-2/h4-11H,1-2H2,3H3/b12-8-,14-9+. The molecule has 83 valence electrons. The van der Waals surface area contributed by atoms with Crippen LogP contribution in [-0.4, -0.2) is 11.9 Å². The van der Waals surface area contributed by atoms with E-state index in [4.69, 9.17) is 0 Å². The van der Waals surface area contributed by atoms with Gasteiger partial charge in [0.1, 0.15) is 0 Å². The first-order valence-electron chi connectivity index (χ1n) is 5.67. The molecule has 0 atom stereocenters. The molecule has 0 saturated heterocycles. The topological polar surface area (TPSA) is 4.93 Å². The highest BCUT2D eigenvalue weighted by Gasteiger charge is 2.04. The van der Waals surface area contributed by atoms with Crippen molar-refractivity contribution in [1.82, 2.24) is 4.48 Å². The molecule has 2 rings (SSSR count). The van der Waals surface area contributed by atoms with Crippen molar-refractivity contribution in [2.75, 3.05) is 0 Å². The number of hydrogen-bond acceptors (Lipinski definition) is 0. The van der Waals surface area contributed by atoms with Gasteiger partial charge < -0.3 is 4.48 Å². The van der Waals surface area contributed by atoms with E-state index >= 15 is 0 Å². The second-order valence-electron chi connectivity index (χ2n) is 3.75. The van der Waals surface area contributed by atoms with Crippen LogP contribution < -0.4 is 10.6 Å². The smallest absolute Gasteiger partial charge is 0.249 e. The van der Waals surface area contributed by atoms with E-state index in [0.717, 1.165) is 5.35 Å². The summed E-state index contributed by atoms with van der Waals surface area (Å²) in [5.74, 6) is 0. The molecule has 0 spiro atoms. The number of aromatic nitrogens is 1. The van der Waals surface area contributed by atoms with Gasteiger partial charge in [-0.3, -0.25) is 0 Å². The maximum atomic E-state index is 3.78. The van der Waals surface area contributed by atoms with E-state index in [9.17, 15) is 0 Å². The highest BCUT2D eigenvalue weighted by atomic mass is 14.9. The fourth-order valence-electron chi connectivity index (χ4n) is 2.16. The average Bonchev–Trinajstić information content (AvgIpc) is 2.65. The molecule has 1 aromatic heterocycles. The fourth-order valence-corrected chi connectivity index (χ4v) is 2.16. The normalized spacial score (nSPS) is 13.0. The molecule has 1 nitrogen and oxygen atoms in total. The molecule has 1 radical (unpaired) electrons. The average molecular weight is 220 g/mol. The fraction of sp³-hybridized carbons (Fsp3) is 0.0667. The number of para-hydroxylation sites is 1. The van der Waals surface area contributed by atoms with Gasteiger partial charge in [-0.2, -0.15) is 0 Å². The van der Waals surface area contributed by atoms with Crippen LogP contribution in [0.1, 0.15) is 0 Å². The third-order valence-electron chi connectivity index (χ3n) is 2.81. The Bertz CT molecular complexity index is 677. The van der Waals surface area contributed by atoms with E-state index in [1.54, 1.807) is 0 Å². The Balaban J connectivity index is 3.09. The van der Waals surface area contributed by atoms with Crippen LogP contribution in [0.25, 0.3) is 23.1 Å². The van der Waals surface area contributed by atoms with Gasteiger partial charge in [-0.05, 0) is 12.1 Å². The summed E-state index contributed by atoms with van der Waals surface area (Å²) >= 11 is 0. The Morgan fingerprint density at radius 2 is 1.82 bits per heavy atom. The van der Waals surface area contributed by atoms with Crippen LogP contribution in [0.3, 0.4) is 0 Å². The Labute approximate surface area is 102 Å². The molecule has 2 heteroatoms. The molecule has 0 saturated carbocycles. The minimum Gasteiger partial charge on any atom is -0.390 e. The van der Waals surface area contributed by atoms with Crippen LogP contribution in [-0.2, 0) is 0 Å². The number of fused-ring (bicyclic) bond motifs is 1. The molecule has 0 bridgehead atoms. The van der Waals surface area contributed by atoms with Gasteiger partial charge in [0.15, 0.2) is 0 Å². The van der Waals surface area contributed by atoms with Crippen LogP contribution in [0.5, 0.6) is 0 Å². The first-order chi connectivity index (χ1) is 8.33. The SMILES string of the molecule is C=C/C=c1\c(=C/C=C)n([B]C)c2ccccc12. The van der Waals surface area contributed by atoms with Crippen molar-refractivity contribution >= 4 is 30.5 Å². The van der Waals surface area contributed by atoms with Crippen molar-refractivity contribution in [3.8, 4) is 0 Å². The van der Waals surface area contributed by atoms with E-state index in [1.807, 2.05) is 31.1 Å². The Hall–Kier alpha value is -1.96. The van der Waals surface area contributed by atoms with Gasteiger partial charge in [-0.25, -0.2) is 0 Å². The summed E-state index contributed by atoms with van der Waals surface area (Å²) in [6, 6.07) is 8.36. The monoisotopic (exact) mass is 220 g/mol. The maximum Gasteiger partial charge on any atom is 0.249 e. The van der Waals surface area contributed by atoms with Crippen molar-refractivity contribution in [3.63, 3.8) is 0 Å². The first-order valence-corrected chi connectivity index (χ1v) is 5.67. The summed E-state index contributed by atoms with van der Waals surface area (Å²) in [5.41, 5.74) is 1.20. The Kier molecular flexibility index (Phi) is 3.33. The van der Waals surface area contributed by atoms with Crippen molar-refractivity contribution in [3.05, 3.63) is 60.1 Å². The molecule has 1 heterocycles. The quantitative estimate of drug-likeness (QED) is 0.698. The molecular formula is C15H15BN. The van der Waals surface area contributed by atoms with Gasteiger partial charge in [-0.15, -0.1) is 0 Å². The first kappa shape index (κ1) is 11.5. The summed E-state index contributed by atoms with van der Waals surface area (Å²) in [6.45, 7) is 9.60. The molecule has 0 fully saturated rings. The van der Waals surface area contributed by atoms with E-state index in [2.05, 4.69) is 49.3 Å². The van der Waals surface area contributed by atoms with Crippen molar-refractivity contribution in [2.45, 2.75) is 6.82 Å². The zero-order valence-corrected chi connectivity index (χ0v) is 10.1. The van der Waals surface area contributed by atoms with E-state index in [-0.39, 0.29) is 0 Å². The second kappa shape index (κ2) is 4.92. The van der Waals surface area contributed by atoms with E-state index in [1.165, 1.54) is 16.1 Å². The molecular weight excluding hydrogens is 205 g/mol. The van der Waals surface area contributed by atoms with Crippen molar-refractivity contribution in [2.24, 2.45) is 0 Å². The summed E-state index contributed by atoms with van der Waals surface area (Å²) < 4.78 is 2.17. The summed E-state index contributed by atoms with van der Waals surface area (Å²) in [4.78, 5) is 0. The summed E-state index contributed by atoms with van der Waals surface area (Å²) in [6.07, 6.45) is 7.70. The van der Waals surface area contributed by atoms with Gasteiger partial charge in [-0.1, -0.05) is 56.4 Å². The lowest BCUT2D eigenvalue weighted by atomic mass is 9.99. The Morgan fingerprint density at radius 3 is 2.47 bits per heavy atom. The van der Waals surface area contributed by atoms with Crippen molar-refractivity contribution in [1.29, 1.82) is 0 Å². The van der Waals surface area contributed by atoms with Crippen LogP contribution >= 0.6 is 0 Å². The molecule has 2 aromatic rings. The van der Waals surface area contributed by atoms with Gasteiger partial charge in [0.05, 0.1) is 0 Å².